The minimum absolute atomic E-state index is 0.305. The lowest BCUT2D eigenvalue weighted by Crippen LogP contribution is -2.23. The van der Waals surface area contributed by atoms with Crippen molar-refractivity contribution in [2.24, 2.45) is 5.92 Å². The van der Waals surface area contributed by atoms with E-state index in [0.717, 1.165) is 0 Å². The summed E-state index contributed by atoms with van der Waals surface area (Å²) in [5, 5.41) is 8.79. The number of amides is 2. The van der Waals surface area contributed by atoms with Gasteiger partial charge in [-0.1, -0.05) is 11.2 Å². The SMILES string of the molecule is Cc1cc(NC(=O)N/C=C/C2CC2)no1. The first kappa shape index (κ1) is 9.76. The number of aromatic nitrogens is 1. The quantitative estimate of drug-likeness (QED) is 0.796. The Bertz CT molecular complexity index is 380. The molecule has 0 bridgehead atoms. The molecule has 0 unspecified atom stereocenters. The van der Waals surface area contributed by atoms with E-state index < -0.39 is 0 Å². The molecule has 15 heavy (non-hydrogen) atoms. The Morgan fingerprint density at radius 3 is 3.07 bits per heavy atom. The fourth-order valence-corrected chi connectivity index (χ4v) is 1.13. The van der Waals surface area contributed by atoms with Crippen molar-refractivity contribution < 1.29 is 9.32 Å². The van der Waals surface area contributed by atoms with Crippen LogP contribution in [0.1, 0.15) is 18.6 Å². The zero-order valence-electron chi connectivity index (χ0n) is 8.49. The first-order valence-corrected chi connectivity index (χ1v) is 4.91. The van der Waals surface area contributed by atoms with E-state index in [2.05, 4.69) is 15.8 Å². The number of allylic oxidation sites excluding steroid dienone is 1. The molecule has 0 aromatic carbocycles. The van der Waals surface area contributed by atoms with Gasteiger partial charge in [0, 0.05) is 12.3 Å². The standard InChI is InChI=1S/C10H13N3O2/c1-7-6-9(13-15-7)12-10(14)11-5-4-8-2-3-8/h4-6,8H,2-3H2,1H3,(H2,11,12,13,14)/b5-4+. The van der Waals surface area contributed by atoms with E-state index in [4.69, 9.17) is 4.52 Å². The fourth-order valence-electron chi connectivity index (χ4n) is 1.13. The molecule has 0 aliphatic heterocycles. The number of rotatable bonds is 3. The van der Waals surface area contributed by atoms with Gasteiger partial charge in [0.1, 0.15) is 5.76 Å². The Kier molecular flexibility index (Phi) is 2.71. The third-order valence-corrected chi connectivity index (χ3v) is 2.07. The van der Waals surface area contributed by atoms with Crippen molar-refractivity contribution in [3.8, 4) is 0 Å². The molecule has 1 heterocycles. The number of hydrogen-bond donors (Lipinski definition) is 2. The van der Waals surface area contributed by atoms with E-state index in [0.29, 0.717) is 17.5 Å². The second kappa shape index (κ2) is 4.16. The Morgan fingerprint density at radius 1 is 1.67 bits per heavy atom. The van der Waals surface area contributed by atoms with Gasteiger partial charge in [-0.3, -0.25) is 5.32 Å². The smallest absolute Gasteiger partial charge is 0.324 e. The lowest BCUT2D eigenvalue weighted by atomic mass is 10.4. The molecule has 1 aliphatic carbocycles. The van der Waals surface area contributed by atoms with Crippen molar-refractivity contribution in [3.05, 3.63) is 24.1 Å². The number of nitrogens with zero attached hydrogens (tertiary/aromatic N) is 1. The van der Waals surface area contributed by atoms with Crippen LogP contribution in [0.5, 0.6) is 0 Å². The number of aryl methyl sites for hydroxylation is 1. The zero-order valence-corrected chi connectivity index (χ0v) is 8.49. The van der Waals surface area contributed by atoms with Crippen LogP contribution in [0.3, 0.4) is 0 Å². The van der Waals surface area contributed by atoms with E-state index in [1.54, 1.807) is 19.2 Å². The zero-order chi connectivity index (χ0) is 10.7. The number of carbonyl (C=O) groups is 1. The van der Waals surface area contributed by atoms with Gasteiger partial charge in [-0.25, -0.2) is 4.79 Å². The number of urea groups is 1. The molecular weight excluding hydrogens is 194 g/mol. The summed E-state index contributed by atoms with van der Waals surface area (Å²) in [6, 6.07) is 1.35. The molecule has 1 fully saturated rings. The van der Waals surface area contributed by atoms with Gasteiger partial charge >= 0.3 is 6.03 Å². The molecular formula is C10H13N3O2. The third-order valence-electron chi connectivity index (χ3n) is 2.07. The molecule has 2 rings (SSSR count). The molecule has 1 aromatic rings. The van der Waals surface area contributed by atoms with Crippen LogP contribution in [0.4, 0.5) is 10.6 Å². The predicted octanol–water partition coefficient (Wildman–Crippen LogP) is 2.03. The predicted molar refractivity (Wildman–Crippen MR) is 55.3 cm³/mol. The van der Waals surface area contributed by atoms with Crippen LogP contribution in [0.15, 0.2) is 22.9 Å². The lowest BCUT2D eigenvalue weighted by molar-refractivity contribution is 0.254. The average molecular weight is 207 g/mol. The van der Waals surface area contributed by atoms with Crippen molar-refractivity contribution in [1.82, 2.24) is 10.5 Å². The van der Waals surface area contributed by atoms with Gasteiger partial charge in [-0.2, -0.15) is 0 Å². The second-order valence-electron chi connectivity index (χ2n) is 3.62. The topological polar surface area (TPSA) is 67.2 Å². The number of anilines is 1. The number of carbonyl (C=O) groups excluding carboxylic acids is 1. The monoisotopic (exact) mass is 207 g/mol. The van der Waals surface area contributed by atoms with Crippen molar-refractivity contribution in [2.45, 2.75) is 19.8 Å². The highest BCUT2D eigenvalue weighted by Gasteiger charge is 2.17. The summed E-state index contributed by atoms with van der Waals surface area (Å²) >= 11 is 0. The molecule has 2 N–H and O–H groups in total. The van der Waals surface area contributed by atoms with Crippen LogP contribution in [0, 0.1) is 12.8 Å². The van der Waals surface area contributed by atoms with Gasteiger partial charge in [-0.15, -0.1) is 0 Å². The highest BCUT2D eigenvalue weighted by molar-refractivity contribution is 5.88. The highest BCUT2D eigenvalue weighted by atomic mass is 16.5. The highest BCUT2D eigenvalue weighted by Crippen LogP contribution is 2.29. The maximum Gasteiger partial charge on any atom is 0.324 e. The maximum absolute atomic E-state index is 11.3. The summed E-state index contributed by atoms with van der Waals surface area (Å²) in [7, 11) is 0. The lowest BCUT2D eigenvalue weighted by Gasteiger charge is -1.98. The van der Waals surface area contributed by atoms with Crippen LogP contribution >= 0.6 is 0 Å². The van der Waals surface area contributed by atoms with E-state index in [1.165, 1.54) is 12.8 Å². The van der Waals surface area contributed by atoms with E-state index in [1.807, 2.05) is 6.08 Å². The average Bonchev–Trinajstić information content (AvgIpc) is 2.91. The Morgan fingerprint density at radius 2 is 2.47 bits per heavy atom. The van der Waals surface area contributed by atoms with Crippen molar-refractivity contribution in [2.75, 3.05) is 5.32 Å². The molecule has 0 atom stereocenters. The Balaban J connectivity index is 1.76. The number of nitrogens with one attached hydrogen (secondary N) is 2. The molecule has 0 saturated heterocycles. The Hall–Kier alpha value is -1.78. The molecule has 80 valence electrons. The van der Waals surface area contributed by atoms with Gasteiger partial charge < -0.3 is 9.84 Å². The molecule has 1 aromatic heterocycles. The van der Waals surface area contributed by atoms with E-state index in [9.17, 15) is 4.79 Å². The molecule has 2 amide bonds. The van der Waals surface area contributed by atoms with Crippen molar-refractivity contribution >= 4 is 11.8 Å². The molecule has 1 saturated carbocycles. The molecule has 0 radical (unpaired) electrons. The van der Waals surface area contributed by atoms with Gasteiger partial charge in [0.05, 0.1) is 0 Å². The normalized spacial score (nSPS) is 15.5. The Labute approximate surface area is 87.5 Å². The largest absolute Gasteiger partial charge is 0.360 e. The summed E-state index contributed by atoms with van der Waals surface area (Å²) in [6.45, 7) is 1.77. The molecule has 1 aliphatic rings. The van der Waals surface area contributed by atoms with Gasteiger partial charge in [-0.05, 0) is 25.7 Å². The summed E-state index contributed by atoms with van der Waals surface area (Å²) in [5.41, 5.74) is 0. The van der Waals surface area contributed by atoms with Crippen LogP contribution in [0.2, 0.25) is 0 Å². The summed E-state index contributed by atoms with van der Waals surface area (Å²) in [5.74, 6) is 1.74. The maximum atomic E-state index is 11.3. The number of hydrogen-bond acceptors (Lipinski definition) is 3. The van der Waals surface area contributed by atoms with Gasteiger partial charge in [0.2, 0.25) is 0 Å². The van der Waals surface area contributed by atoms with Gasteiger partial charge in [0.15, 0.2) is 5.82 Å². The fraction of sp³-hybridized carbons (Fsp3) is 0.400. The van der Waals surface area contributed by atoms with Crippen LogP contribution in [0.25, 0.3) is 0 Å². The van der Waals surface area contributed by atoms with Crippen LogP contribution < -0.4 is 10.6 Å². The first-order chi connectivity index (χ1) is 7.24. The van der Waals surface area contributed by atoms with E-state index in [-0.39, 0.29) is 6.03 Å². The van der Waals surface area contributed by atoms with Crippen molar-refractivity contribution in [1.29, 1.82) is 0 Å². The summed E-state index contributed by atoms with van der Waals surface area (Å²) in [6.07, 6.45) is 6.11. The van der Waals surface area contributed by atoms with Gasteiger partial charge in [0.25, 0.3) is 0 Å². The first-order valence-electron chi connectivity index (χ1n) is 4.91. The van der Waals surface area contributed by atoms with Crippen LogP contribution in [-0.4, -0.2) is 11.2 Å². The minimum atomic E-state index is -0.305. The summed E-state index contributed by atoms with van der Waals surface area (Å²) in [4.78, 5) is 11.3. The third kappa shape index (κ3) is 3.12. The molecule has 0 spiro atoms. The second-order valence-corrected chi connectivity index (χ2v) is 3.62. The summed E-state index contributed by atoms with van der Waals surface area (Å²) < 4.78 is 4.81. The molecule has 5 nitrogen and oxygen atoms in total. The van der Waals surface area contributed by atoms with Crippen LogP contribution in [-0.2, 0) is 0 Å². The van der Waals surface area contributed by atoms with Crippen molar-refractivity contribution in [3.63, 3.8) is 0 Å². The van der Waals surface area contributed by atoms with E-state index >= 15 is 0 Å². The molecule has 5 heteroatoms. The minimum Gasteiger partial charge on any atom is -0.360 e.